The molecule has 3 N–H and O–H groups in total. The van der Waals surface area contributed by atoms with Crippen LogP contribution in [0.2, 0.25) is 0 Å². The van der Waals surface area contributed by atoms with Gasteiger partial charge in [0.05, 0.1) is 11.7 Å². The number of thiophene rings is 1. The zero-order valence-electron chi connectivity index (χ0n) is 16.5. The number of fused-ring (bicyclic) bond motifs is 2. The summed E-state index contributed by atoms with van der Waals surface area (Å²) in [7, 11) is 0. The zero-order chi connectivity index (χ0) is 20.5. The van der Waals surface area contributed by atoms with Crippen molar-refractivity contribution >= 4 is 39.1 Å². The molecule has 7 heteroatoms. The van der Waals surface area contributed by atoms with Crippen LogP contribution in [0.15, 0.2) is 30.3 Å². The van der Waals surface area contributed by atoms with Crippen molar-refractivity contribution in [1.29, 1.82) is 0 Å². The molecular weight excluding hydrogens is 386 g/mol. The Balaban J connectivity index is 1.43. The molecule has 0 saturated heterocycles. The lowest BCUT2D eigenvalue weighted by Gasteiger charge is -2.26. The Morgan fingerprint density at radius 2 is 2.10 bits per heavy atom. The summed E-state index contributed by atoms with van der Waals surface area (Å²) in [6, 6.07) is 10.0. The van der Waals surface area contributed by atoms with Gasteiger partial charge in [0, 0.05) is 11.1 Å². The van der Waals surface area contributed by atoms with E-state index in [0.717, 1.165) is 41.5 Å². The van der Waals surface area contributed by atoms with Crippen molar-refractivity contribution in [2.75, 3.05) is 12.3 Å². The minimum atomic E-state index is -0.596. The number of rotatable bonds is 4. The molecule has 1 aromatic carbocycles. The monoisotopic (exact) mass is 409 g/mol. The van der Waals surface area contributed by atoms with E-state index in [-0.39, 0.29) is 23.4 Å². The summed E-state index contributed by atoms with van der Waals surface area (Å²) in [6.07, 6.45) is 2.92. The van der Waals surface area contributed by atoms with Crippen molar-refractivity contribution in [3.05, 3.63) is 57.6 Å². The van der Waals surface area contributed by atoms with E-state index in [4.69, 9.17) is 10.5 Å². The van der Waals surface area contributed by atoms with E-state index >= 15 is 0 Å². The summed E-state index contributed by atoms with van der Waals surface area (Å²) < 4.78 is 5.25. The number of hydrogen-bond acceptors (Lipinski definition) is 6. The number of carbonyl (C=O) groups excluding carboxylic acids is 2. The van der Waals surface area contributed by atoms with Gasteiger partial charge in [-0.25, -0.2) is 9.78 Å². The Morgan fingerprint density at radius 1 is 1.31 bits per heavy atom. The second-order valence-electron chi connectivity index (χ2n) is 7.39. The number of nitrogen functional groups attached to an aromatic ring is 1. The maximum atomic E-state index is 12.5. The van der Waals surface area contributed by atoms with Crippen molar-refractivity contribution in [3.63, 3.8) is 0 Å². The molecule has 29 heavy (non-hydrogen) atoms. The predicted molar refractivity (Wildman–Crippen MR) is 114 cm³/mol. The molecule has 0 saturated carbocycles. The molecule has 0 radical (unpaired) electrons. The van der Waals surface area contributed by atoms with Gasteiger partial charge in [-0.05, 0) is 55.9 Å². The highest BCUT2D eigenvalue weighted by Crippen LogP contribution is 2.35. The molecule has 0 fully saturated rings. The molecule has 2 heterocycles. The fraction of sp³-hybridized carbons (Fsp3) is 0.318. The number of pyridine rings is 1. The van der Waals surface area contributed by atoms with Crippen LogP contribution in [0.1, 0.15) is 50.9 Å². The summed E-state index contributed by atoms with van der Waals surface area (Å²) in [5.41, 5.74) is 10.8. The lowest BCUT2D eigenvalue weighted by atomic mass is 9.88. The lowest BCUT2D eigenvalue weighted by Crippen LogP contribution is -2.34. The van der Waals surface area contributed by atoms with E-state index < -0.39 is 5.97 Å². The number of hydrogen-bond donors (Lipinski definition) is 2. The average Bonchev–Trinajstić information content (AvgIpc) is 3.03. The highest BCUT2D eigenvalue weighted by Gasteiger charge is 2.24. The van der Waals surface area contributed by atoms with Crippen LogP contribution < -0.4 is 11.1 Å². The number of esters is 1. The highest BCUT2D eigenvalue weighted by molar-refractivity contribution is 7.21. The van der Waals surface area contributed by atoms with Crippen LogP contribution in [0.5, 0.6) is 0 Å². The number of ether oxygens (including phenoxy) is 1. The molecule has 0 aliphatic heterocycles. The number of carbonyl (C=O) groups is 2. The number of nitrogens with zero attached hydrogens (tertiary/aromatic N) is 1. The van der Waals surface area contributed by atoms with Gasteiger partial charge >= 0.3 is 5.97 Å². The molecule has 1 unspecified atom stereocenters. The van der Waals surface area contributed by atoms with E-state index in [1.165, 1.54) is 16.9 Å². The number of aryl methyl sites for hydroxylation is 3. The molecule has 1 aliphatic carbocycles. The SMILES string of the molecule is Cc1cc(C)c2c(N)c(C(=O)OCC(=O)NC3CCCc4ccccc43)sc2n1. The van der Waals surface area contributed by atoms with Gasteiger partial charge in [-0.1, -0.05) is 24.3 Å². The maximum absolute atomic E-state index is 12.5. The summed E-state index contributed by atoms with van der Waals surface area (Å²) in [5.74, 6) is -0.911. The van der Waals surface area contributed by atoms with Crippen LogP contribution in [-0.2, 0) is 16.0 Å². The fourth-order valence-electron chi connectivity index (χ4n) is 3.96. The lowest BCUT2D eigenvalue weighted by molar-refractivity contribution is -0.125. The number of amides is 1. The van der Waals surface area contributed by atoms with Gasteiger partial charge in [-0.15, -0.1) is 11.3 Å². The van der Waals surface area contributed by atoms with Crippen LogP contribution in [0.25, 0.3) is 10.2 Å². The third kappa shape index (κ3) is 3.82. The summed E-state index contributed by atoms with van der Waals surface area (Å²) in [6.45, 7) is 3.50. The standard InChI is InChI=1S/C22H23N3O3S/c1-12-10-13(2)24-21-18(12)19(23)20(29-21)22(27)28-11-17(26)25-16-9-5-7-14-6-3-4-8-15(14)16/h3-4,6,8,10,16H,5,7,9,11,23H2,1-2H3,(H,25,26). The van der Waals surface area contributed by atoms with Crippen LogP contribution in [0.4, 0.5) is 5.69 Å². The summed E-state index contributed by atoms with van der Waals surface area (Å²) >= 11 is 1.20. The van der Waals surface area contributed by atoms with E-state index in [9.17, 15) is 9.59 Å². The largest absolute Gasteiger partial charge is 0.451 e. The Morgan fingerprint density at radius 3 is 2.93 bits per heavy atom. The Kier molecular flexibility index (Phi) is 5.24. The molecule has 0 bridgehead atoms. The second-order valence-corrected chi connectivity index (χ2v) is 8.39. The number of anilines is 1. The molecule has 150 valence electrons. The van der Waals surface area contributed by atoms with Crippen molar-refractivity contribution < 1.29 is 14.3 Å². The number of benzene rings is 1. The van der Waals surface area contributed by atoms with Gasteiger partial charge in [0.1, 0.15) is 9.71 Å². The summed E-state index contributed by atoms with van der Waals surface area (Å²) in [4.78, 5) is 30.3. The van der Waals surface area contributed by atoms with Crippen LogP contribution in [-0.4, -0.2) is 23.5 Å². The first-order chi connectivity index (χ1) is 13.9. The number of nitrogens with one attached hydrogen (secondary N) is 1. The Hall–Kier alpha value is -2.93. The molecule has 3 aromatic rings. The molecule has 6 nitrogen and oxygen atoms in total. The fourth-order valence-corrected chi connectivity index (χ4v) is 5.07. The van der Waals surface area contributed by atoms with E-state index in [1.807, 2.05) is 38.1 Å². The smallest absolute Gasteiger partial charge is 0.351 e. The minimum Gasteiger partial charge on any atom is -0.451 e. The van der Waals surface area contributed by atoms with Gasteiger partial charge in [0.15, 0.2) is 6.61 Å². The first-order valence-electron chi connectivity index (χ1n) is 9.64. The van der Waals surface area contributed by atoms with Gasteiger partial charge in [0.25, 0.3) is 5.91 Å². The van der Waals surface area contributed by atoms with E-state index in [2.05, 4.69) is 16.4 Å². The highest BCUT2D eigenvalue weighted by atomic mass is 32.1. The van der Waals surface area contributed by atoms with Crippen molar-refractivity contribution in [2.24, 2.45) is 0 Å². The summed E-state index contributed by atoms with van der Waals surface area (Å²) in [5, 5.41) is 3.76. The second kappa shape index (κ2) is 7.83. The molecule has 1 atom stereocenters. The molecule has 4 rings (SSSR count). The third-order valence-corrected chi connectivity index (χ3v) is 6.33. The van der Waals surface area contributed by atoms with Crippen molar-refractivity contribution in [1.82, 2.24) is 10.3 Å². The van der Waals surface area contributed by atoms with Crippen LogP contribution in [0, 0.1) is 13.8 Å². The first-order valence-corrected chi connectivity index (χ1v) is 10.5. The minimum absolute atomic E-state index is 0.0460. The van der Waals surface area contributed by atoms with Gasteiger partial charge in [-0.3, -0.25) is 4.79 Å². The Bertz CT molecular complexity index is 1110. The average molecular weight is 410 g/mol. The topological polar surface area (TPSA) is 94.3 Å². The normalized spacial score (nSPS) is 15.7. The molecule has 0 spiro atoms. The zero-order valence-corrected chi connectivity index (χ0v) is 17.3. The van der Waals surface area contributed by atoms with E-state index in [1.54, 1.807) is 0 Å². The predicted octanol–water partition coefficient (Wildman–Crippen LogP) is 3.85. The molecule has 1 amide bonds. The quantitative estimate of drug-likeness (QED) is 0.639. The molecule has 1 aliphatic rings. The maximum Gasteiger partial charge on any atom is 0.351 e. The Labute approximate surface area is 173 Å². The van der Waals surface area contributed by atoms with Crippen molar-refractivity contribution in [2.45, 2.75) is 39.2 Å². The van der Waals surface area contributed by atoms with Gasteiger partial charge < -0.3 is 15.8 Å². The van der Waals surface area contributed by atoms with Crippen molar-refractivity contribution in [3.8, 4) is 0 Å². The van der Waals surface area contributed by atoms with Gasteiger partial charge in [-0.2, -0.15) is 0 Å². The van der Waals surface area contributed by atoms with Crippen LogP contribution >= 0.6 is 11.3 Å². The van der Waals surface area contributed by atoms with Gasteiger partial charge in [0.2, 0.25) is 0 Å². The third-order valence-electron chi connectivity index (χ3n) is 5.25. The number of aromatic nitrogens is 1. The van der Waals surface area contributed by atoms with Crippen LogP contribution in [0.3, 0.4) is 0 Å². The first kappa shape index (κ1) is 19.4. The van der Waals surface area contributed by atoms with E-state index in [0.29, 0.717) is 10.5 Å². The molecule has 2 aromatic heterocycles. The molecular formula is C22H23N3O3S. The number of nitrogens with two attached hydrogens (primary N) is 1.